The summed E-state index contributed by atoms with van der Waals surface area (Å²) in [6, 6.07) is 4.58. The minimum Gasteiger partial charge on any atom is -0.393 e. The first-order chi connectivity index (χ1) is 9.99. The summed E-state index contributed by atoms with van der Waals surface area (Å²) in [6.45, 7) is 4.30. The highest BCUT2D eigenvalue weighted by atomic mass is 19.1. The first-order valence-electron chi connectivity index (χ1n) is 7.48. The first-order valence-corrected chi connectivity index (χ1v) is 7.48. The smallest absolute Gasteiger partial charge is 0.315 e. The predicted molar refractivity (Wildman–Crippen MR) is 79.5 cm³/mol. The molecule has 1 aromatic rings. The van der Waals surface area contributed by atoms with Crippen LogP contribution in [0.5, 0.6) is 0 Å². The number of hydrogen-bond acceptors (Lipinski definition) is 2. The van der Waals surface area contributed by atoms with Crippen molar-refractivity contribution in [2.75, 3.05) is 6.54 Å². The van der Waals surface area contributed by atoms with Crippen LogP contribution in [-0.4, -0.2) is 23.8 Å². The molecule has 3 N–H and O–H groups in total. The van der Waals surface area contributed by atoms with E-state index in [0.717, 1.165) is 12.0 Å². The molecule has 0 heterocycles. The van der Waals surface area contributed by atoms with Crippen molar-refractivity contribution in [2.45, 2.75) is 45.3 Å². The Morgan fingerprint density at radius 1 is 1.48 bits per heavy atom. The molecule has 0 bridgehead atoms. The van der Waals surface area contributed by atoms with Crippen LogP contribution in [-0.2, 0) is 6.42 Å². The lowest BCUT2D eigenvalue weighted by molar-refractivity contribution is 0.116. The number of benzene rings is 1. The summed E-state index contributed by atoms with van der Waals surface area (Å²) in [6.07, 6.45) is 1.49. The molecule has 0 spiro atoms. The van der Waals surface area contributed by atoms with Gasteiger partial charge in [0.25, 0.3) is 0 Å². The Balaban J connectivity index is 1.81. The third-order valence-electron chi connectivity index (χ3n) is 4.01. The number of carbonyl (C=O) groups is 1. The van der Waals surface area contributed by atoms with Crippen molar-refractivity contribution in [1.82, 2.24) is 10.6 Å². The van der Waals surface area contributed by atoms with E-state index in [4.69, 9.17) is 0 Å². The van der Waals surface area contributed by atoms with Gasteiger partial charge in [-0.25, -0.2) is 9.18 Å². The van der Waals surface area contributed by atoms with Crippen molar-refractivity contribution in [3.8, 4) is 0 Å². The second-order valence-electron chi connectivity index (χ2n) is 5.90. The molecule has 2 rings (SSSR count). The van der Waals surface area contributed by atoms with E-state index in [0.29, 0.717) is 24.9 Å². The fourth-order valence-electron chi connectivity index (χ4n) is 2.64. The number of aliphatic hydroxyl groups excluding tert-OH is 1. The van der Waals surface area contributed by atoms with Gasteiger partial charge in [-0.2, -0.15) is 0 Å². The van der Waals surface area contributed by atoms with Crippen LogP contribution >= 0.6 is 0 Å². The van der Waals surface area contributed by atoms with Gasteiger partial charge in [-0.05, 0) is 42.4 Å². The molecule has 4 nitrogen and oxygen atoms in total. The Morgan fingerprint density at radius 2 is 2.24 bits per heavy atom. The van der Waals surface area contributed by atoms with E-state index in [1.807, 2.05) is 19.9 Å². The second-order valence-corrected chi connectivity index (χ2v) is 5.90. The van der Waals surface area contributed by atoms with E-state index in [-0.39, 0.29) is 23.8 Å². The topological polar surface area (TPSA) is 61.4 Å². The number of fused-ring (bicyclic) bond motifs is 1. The van der Waals surface area contributed by atoms with Gasteiger partial charge in [-0.3, -0.25) is 0 Å². The van der Waals surface area contributed by atoms with E-state index in [9.17, 15) is 14.3 Å². The van der Waals surface area contributed by atoms with Crippen molar-refractivity contribution >= 4 is 6.03 Å². The number of urea groups is 1. The standard InChI is InChI=1S/C16H23FN2O2/c1-10(2)15(20)8-9-18-16(21)19-14-7-6-11-12(14)4-3-5-13(11)17/h3-5,10,14-15,20H,6-9H2,1-2H3,(H2,18,19,21). The quantitative estimate of drug-likeness (QED) is 0.781. The zero-order chi connectivity index (χ0) is 15.4. The third kappa shape index (κ3) is 3.94. The molecule has 2 amide bonds. The molecule has 0 radical (unpaired) electrons. The summed E-state index contributed by atoms with van der Waals surface area (Å²) in [5.74, 6) is -0.0168. The highest BCUT2D eigenvalue weighted by Gasteiger charge is 2.25. The average Bonchev–Trinajstić information content (AvgIpc) is 2.83. The van der Waals surface area contributed by atoms with Crippen LogP contribution in [0.15, 0.2) is 18.2 Å². The summed E-state index contributed by atoms with van der Waals surface area (Å²) < 4.78 is 13.6. The van der Waals surface area contributed by atoms with Crippen LogP contribution in [0.2, 0.25) is 0 Å². The molecule has 2 atom stereocenters. The van der Waals surface area contributed by atoms with Crippen LogP contribution in [0.4, 0.5) is 9.18 Å². The van der Waals surface area contributed by atoms with Gasteiger partial charge >= 0.3 is 6.03 Å². The average molecular weight is 294 g/mol. The molecule has 1 aliphatic rings. The number of hydrogen-bond donors (Lipinski definition) is 3. The van der Waals surface area contributed by atoms with E-state index in [1.54, 1.807) is 6.07 Å². The number of rotatable bonds is 5. The maximum absolute atomic E-state index is 13.6. The Kier molecular flexibility index (Phi) is 5.17. The van der Waals surface area contributed by atoms with Gasteiger partial charge in [-0.1, -0.05) is 26.0 Å². The maximum Gasteiger partial charge on any atom is 0.315 e. The molecule has 5 heteroatoms. The number of amides is 2. The van der Waals surface area contributed by atoms with Gasteiger partial charge in [-0.15, -0.1) is 0 Å². The zero-order valence-electron chi connectivity index (χ0n) is 12.5. The highest BCUT2D eigenvalue weighted by molar-refractivity contribution is 5.74. The number of carbonyl (C=O) groups excluding carboxylic acids is 1. The highest BCUT2D eigenvalue weighted by Crippen LogP contribution is 2.32. The summed E-state index contributed by atoms with van der Waals surface area (Å²) in [7, 11) is 0. The largest absolute Gasteiger partial charge is 0.393 e. The monoisotopic (exact) mass is 294 g/mol. The normalized spacial score (nSPS) is 18.4. The lowest BCUT2D eigenvalue weighted by Gasteiger charge is -2.17. The van der Waals surface area contributed by atoms with E-state index >= 15 is 0 Å². The second kappa shape index (κ2) is 6.89. The summed E-state index contributed by atoms with van der Waals surface area (Å²) >= 11 is 0. The summed E-state index contributed by atoms with van der Waals surface area (Å²) in [4.78, 5) is 11.8. The number of halogens is 1. The summed E-state index contributed by atoms with van der Waals surface area (Å²) in [5, 5.41) is 15.3. The Hall–Kier alpha value is -1.62. The lowest BCUT2D eigenvalue weighted by Crippen LogP contribution is -2.38. The number of aliphatic hydroxyl groups is 1. The molecule has 1 aromatic carbocycles. The van der Waals surface area contributed by atoms with Crippen molar-refractivity contribution in [1.29, 1.82) is 0 Å². The van der Waals surface area contributed by atoms with E-state index < -0.39 is 6.10 Å². The van der Waals surface area contributed by atoms with Crippen molar-refractivity contribution in [3.05, 3.63) is 35.1 Å². The van der Waals surface area contributed by atoms with Crippen LogP contribution in [0.1, 0.15) is 43.9 Å². The van der Waals surface area contributed by atoms with Crippen molar-refractivity contribution < 1.29 is 14.3 Å². The molecule has 0 aromatic heterocycles. The molecular weight excluding hydrogens is 271 g/mol. The number of nitrogens with one attached hydrogen (secondary N) is 2. The molecule has 116 valence electrons. The fraction of sp³-hybridized carbons (Fsp3) is 0.562. The SMILES string of the molecule is CC(C)C(O)CCNC(=O)NC1CCc2c(F)cccc21. The molecule has 0 saturated carbocycles. The molecule has 21 heavy (non-hydrogen) atoms. The van der Waals surface area contributed by atoms with Gasteiger partial charge in [0.2, 0.25) is 0 Å². The van der Waals surface area contributed by atoms with Crippen LogP contribution in [0.25, 0.3) is 0 Å². The minimum absolute atomic E-state index is 0.134. The van der Waals surface area contributed by atoms with Gasteiger partial charge in [0, 0.05) is 6.54 Å². The lowest BCUT2D eigenvalue weighted by atomic mass is 10.0. The van der Waals surface area contributed by atoms with Gasteiger partial charge in [0.05, 0.1) is 12.1 Å². The van der Waals surface area contributed by atoms with Gasteiger partial charge < -0.3 is 15.7 Å². The maximum atomic E-state index is 13.6. The Morgan fingerprint density at radius 3 is 2.95 bits per heavy atom. The molecular formula is C16H23FN2O2. The van der Waals surface area contributed by atoms with E-state index in [1.165, 1.54) is 6.07 Å². The Bertz CT molecular complexity index is 505. The third-order valence-corrected chi connectivity index (χ3v) is 4.01. The molecule has 0 aliphatic heterocycles. The van der Waals surface area contributed by atoms with Crippen LogP contribution < -0.4 is 10.6 Å². The van der Waals surface area contributed by atoms with Gasteiger partial charge in [0.1, 0.15) is 5.82 Å². The van der Waals surface area contributed by atoms with E-state index in [2.05, 4.69) is 10.6 Å². The van der Waals surface area contributed by atoms with Crippen LogP contribution in [0, 0.1) is 11.7 Å². The first kappa shape index (κ1) is 15.8. The summed E-state index contributed by atoms with van der Waals surface area (Å²) in [5.41, 5.74) is 1.57. The minimum atomic E-state index is -0.411. The van der Waals surface area contributed by atoms with Crippen molar-refractivity contribution in [3.63, 3.8) is 0 Å². The molecule has 0 fully saturated rings. The predicted octanol–water partition coefficient (Wildman–Crippen LogP) is 2.52. The molecule has 0 saturated heterocycles. The Labute approximate surface area is 124 Å². The fourth-order valence-corrected chi connectivity index (χ4v) is 2.64. The van der Waals surface area contributed by atoms with Crippen LogP contribution in [0.3, 0.4) is 0 Å². The zero-order valence-corrected chi connectivity index (χ0v) is 12.5. The van der Waals surface area contributed by atoms with Gasteiger partial charge in [0.15, 0.2) is 0 Å². The molecule has 1 aliphatic carbocycles. The molecule has 2 unspecified atom stereocenters. The van der Waals surface area contributed by atoms with Crippen molar-refractivity contribution in [2.24, 2.45) is 5.92 Å².